The fraction of sp³-hybridized carbons (Fsp3) is 0.560. The smallest absolute Gasteiger partial charge is 0.326 e. The molecule has 0 heterocycles. The first-order valence-corrected chi connectivity index (χ1v) is 12.2. The summed E-state index contributed by atoms with van der Waals surface area (Å²) in [5, 5.41) is 26.6. The minimum Gasteiger partial charge on any atom is -0.508 e. The molecule has 0 aliphatic rings. The number of carbonyl (C=O) groups excluding carboxylic acids is 4. The van der Waals surface area contributed by atoms with Gasteiger partial charge in [0.05, 0.1) is 6.04 Å². The van der Waals surface area contributed by atoms with Crippen molar-refractivity contribution in [1.29, 1.82) is 0 Å². The Morgan fingerprint density at radius 3 is 1.84 bits per heavy atom. The Bertz CT molecular complexity index is 949. The lowest BCUT2D eigenvalue weighted by Gasteiger charge is -2.26. The Morgan fingerprint density at radius 1 is 0.838 bits per heavy atom. The average molecular weight is 522 g/mol. The van der Waals surface area contributed by atoms with Gasteiger partial charge in [0.1, 0.15) is 23.9 Å². The van der Waals surface area contributed by atoms with Crippen LogP contribution in [0, 0.1) is 11.8 Å². The summed E-state index contributed by atoms with van der Waals surface area (Å²) in [4.78, 5) is 61.6. The monoisotopic (exact) mass is 521 g/mol. The molecule has 0 spiro atoms. The summed E-state index contributed by atoms with van der Waals surface area (Å²) >= 11 is 0. The maximum Gasteiger partial charge on any atom is 0.326 e. The molecule has 4 amide bonds. The summed E-state index contributed by atoms with van der Waals surface area (Å²) in [5.74, 6) is -4.17. The molecule has 0 fully saturated rings. The Labute approximate surface area is 216 Å². The van der Waals surface area contributed by atoms with Crippen molar-refractivity contribution in [3.8, 4) is 5.75 Å². The topological polar surface area (TPSA) is 214 Å². The van der Waals surface area contributed by atoms with Crippen molar-refractivity contribution in [2.24, 2.45) is 23.3 Å². The molecular weight excluding hydrogens is 482 g/mol. The van der Waals surface area contributed by atoms with Gasteiger partial charge in [0, 0.05) is 12.8 Å². The number of hydrogen-bond donors (Lipinski definition) is 7. The van der Waals surface area contributed by atoms with Crippen molar-refractivity contribution >= 4 is 29.6 Å². The highest BCUT2D eigenvalue weighted by Gasteiger charge is 2.31. The fourth-order valence-electron chi connectivity index (χ4n) is 3.44. The first kappa shape index (κ1) is 31.4. The number of aromatic hydroxyl groups is 1. The molecule has 0 radical (unpaired) electrons. The van der Waals surface area contributed by atoms with E-state index >= 15 is 0 Å². The average Bonchev–Trinajstić information content (AvgIpc) is 2.80. The summed E-state index contributed by atoms with van der Waals surface area (Å²) in [5.41, 5.74) is 11.6. The Balaban J connectivity index is 3.17. The predicted octanol–water partition coefficient (Wildman–Crippen LogP) is -0.231. The highest BCUT2D eigenvalue weighted by Crippen LogP contribution is 2.13. The molecular formula is C25H39N5O7. The lowest BCUT2D eigenvalue weighted by molar-refractivity contribution is -0.142. The largest absolute Gasteiger partial charge is 0.508 e. The third-order valence-electron chi connectivity index (χ3n) is 5.66. The summed E-state index contributed by atoms with van der Waals surface area (Å²) < 4.78 is 0. The maximum atomic E-state index is 13.2. The number of carboxylic acids is 1. The number of nitrogens with one attached hydrogen (secondary N) is 3. The van der Waals surface area contributed by atoms with Crippen molar-refractivity contribution in [2.75, 3.05) is 0 Å². The van der Waals surface area contributed by atoms with E-state index in [-0.39, 0.29) is 43.3 Å². The number of aliphatic carboxylic acids is 1. The van der Waals surface area contributed by atoms with Gasteiger partial charge in [-0.05, 0) is 42.4 Å². The summed E-state index contributed by atoms with van der Waals surface area (Å²) in [6, 6.07) is 1.48. The van der Waals surface area contributed by atoms with Crippen LogP contribution in [0.25, 0.3) is 0 Å². The zero-order chi connectivity index (χ0) is 28.3. The molecule has 0 saturated heterocycles. The Hall–Kier alpha value is -3.67. The minimum absolute atomic E-state index is 0.00683. The van der Waals surface area contributed by atoms with E-state index in [1.54, 1.807) is 26.0 Å². The number of rotatable bonds is 15. The standard InChI is InChI=1S/C25H39N5O7/c1-13(2)11-18(30-24(35)21(27)14(3)4)22(33)29-19(12-15-5-7-16(31)8-6-15)23(34)28-17(25(36)37)9-10-20(26)32/h5-8,13-14,17-19,21,31H,9-12,27H2,1-4H3,(H2,26,32)(H,28,34)(H,29,33)(H,30,35)(H,36,37). The molecule has 0 saturated carbocycles. The molecule has 0 aliphatic heterocycles. The molecule has 12 heteroatoms. The number of carboxylic acid groups (broad SMARTS) is 1. The first-order chi connectivity index (χ1) is 17.2. The van der Waals surface area contributed by atoms with Crippen LogP contribution in [-0.4, -0.2) is 64.0 Å². The third-order valence-corrected chi connectivity index (χ3v) is 5.66. The number of phenols is 1. The van der Waals surface area contributed by atoms with Crippen LogP contribution >= 0.6 is 0 Å². The van der Waals surface area contributed by atoms with Crippen molar-refractivity contribution in [3.05, 3.63) is 29.8 Å². The van der Waals surface area contributed by atoms with Crippen LogP contribution in [-0.2, 0) is 30.4 Å². The zero-order valence-electron chi connectivity index (χ0n) is 21.7. The molecule has 0 bridgehead atoms. The number of hydrogen-bond acceptors (Lipinski definition) is 7. The van der Waals surface area contributed by atoms with E-state index in [1.807, 2.05) is 13.8 Å². The highest BCUT2D eigenvalue weighted by molar-refractivity contribution is 5.94. The van der Waals surface area contributed by atoms with Crippen molar-refractivity contribution < 1.29 is 34.2 Å². The van der Waals surface area contributed by atoms with Crippen LogP contribution in [0.15, 0.2) is 24.3 Å². The molecule has 0 aromatic heterocycles. The third kappa shape index (κ3) is 11.3. The van der Waals surface area contributed by atoms with Gasteiger partial charge >= 0.3 is 5.97 Å². The number of phenolic OH excluding ortho intramolecular Hbond substituents is 1. The number of nitrogens with two attached hydrogens (primary N) is 2. The van der Waals surface area contributed by atoms with E-state index in [1.165, 1.54) is 12.1 Å². The second-order valence-electron chi connectivity index (χ2n) is 9.80. The van der Waals surface area contributed by atoms with Gasteiger partial charge in [-0.1, -0.05) is 39.8 Å². The van der Waals surface area contributed by atoms with Gasteiger partial charge in [-0.25, -0.2) is 4.79 Å². The SMILES string of the molecule is CC(C)CC(NC(=O)C(N)C(C)C)C(=O)NC(Cc1ccc(O)cc1)C(=O)NC(CCC(N)=O)C(=O)O. The molecule has 1 aromatic carbocycles. The van der Waals surface area contributed by atoms with Crippen LogP contribution in [0.5, 0.6) is 5.75 Å². The number of carbonyl (C=O) groups is 5. The van der Waals surface area contributed by atoms with E-state index in [4.69, 9.17) is 11.5 Å². The van der Waals surface area contributed by atoms with Crippen molar-refractivity contribution in [1.82, 2.24) is 16.0 Å². The van der Waals surface area contributed by atoms with Crippen LogP contribution in [0.3, 0.4) is 0 Å². The van der Waals surface area contributed by atoms with Crippen molar-refractivity contribution in [3.63, 3.8) is 0 Å². The van der Waals surface area contributed by atoms with Crippen LogP contribution in [0.4, 0.5) is 0 Å². The number of amides is 4. The van der Waals surface area contributed by atoms with Gasteiger partial charge < -0.3 is 37.6 Å². The lowest BCUT2D eigenvalue weighted by Crippen LogP contribution is -2.58. The maximum absolute atomic E-state index is 13.2. The molecule has 206 valence electrons. The Kier molecular flexibility index (Phi) is 12.5. The normalized spacial score (nSPS) is 14.4. The number of primary amides is 1. The minimum atomic E-state index is -1.41. The fourth-order valence-corrected chi connectivity index (χ4v) is 3.44. The zero-order valence-corrected chi connectivity index (χ0v) is 21.7. The van der Waals surface area contributed by atoms with Gasteiger partial charge in [0.25, 0.3) is 0 Å². The molecule has 1 aromatic rings. The van der Waals surface area contributed by atoms with Gasteiger partial charge in [0.2, 0.25) is 23.6 Å². The van der Waals surface area contributed by atoms with Gasteiger partial charge in [-0.2, -0.15) is 0 Å². The summed E-state index contributed by atoms with van der Waals surface area (Å²) in [6.45, 7) is 7.28. The van der Waals surface area contributed by atoms with E-state index < -0.39 is 53.8 Å². The van der Waals surface area contributed by atoms with E-state index in [2.05, 4.69) is 16.0 Å². The van der Waals surface area contributed by atoms with Gasteiger partial charge in [-0.3, -0.25) is 19.2 Å². The summed E-state index contributed by atoms with van der Waals surface area (Å²) in [7, 11) is 0. The lowest BCUT2D eigenvalue weighted by atomic mass is 9.99. The molecule has 4 unspecified atom stereocenters. The van der Waals surface area contributed by atoms with E-state index in [9.17, 15) is 34.2 Å². The number of benzene rings is 1. The van der Waals surface area contributed by atoms with E-state index in [0.717, 1.165) is 0 Å². The molecule has 9 N–H and O–H groups in total. The first-order valence-electron chi connectivity index (χ1n) is 12.2. The summed E-state index contributed by atoms with van der Waals surface area (Å²) in [6.07, 6.45) is -0.250. The van der Waals surface area contributed by atoms with Crippen LogP contribution in [0.2, 0.25) is 0 Å². The molecule has 1 rings (SSSR count). The second-order valence-corrected chi connectivity index (χ2v) is 9.80. The molecule has 12 nitrogen and oxygen atoms in total. The van der Waals surface area contributed by atoms with Gasteiger partial charge in [-0.15, -0.1) is 0 Å². The van der Waals surface area contributed by atoms with Crippen LogP contribution in [0.1, 0.15) is 52.5 Å². The quantitative estimate of drug-likeness (QED) is 0.163. The van der Waals surface area contributed by atoms with Gasteiger partial charge in [0.15, 0.2) is 0 Å². The predicted molar refractivity (Wildman–Crippen MR) is 136 cm³/mol. The molecule has 37 heavy (non-hydrogen) atoms. The van der Waals surface area contributed by atoms with Crippen molar-refractivity contribution in [2.45, 2.75) is 77.5 Å². The highest BCUT2D eigenvalue weighted by atomic mass is 16.4. The van der Waals surface area contributed by atoms with Crippen LogP contribution < -0.4 is 27.4 Å². The van der Waals surface area contributed by atoms with E-state index in [0.29, 0.717) is 5.56 Å². The molecule has 4 atom stereocenters. The molecule has 0 aliphatic carbocycles. The second kappa shape index (κ2) is 14.8. The Morgan fingerprint density at radius 2 is 1.35 bits per heavy atom.